The molecule has 2 rings (SSSR count). The molecule has 0 saturated carbocycles. The van der Waals surface area contributed by atoms with Crippen LogP contribution in [0.3, 0.4) is 0 Å². The average Bonchev–Trinajstić information content (AvgIpc) is 2.55. The molecule has 8 nitrogen and oxygen atoms in total. The zero-order chi connectivity index (χ0) is 15.9. The molecule has 0 bridgehead atoms. The number of urea groups is 1. The van der Waals surface area contributed by atoms with Crippen LogP contribution >= 0.6 is 0 Å². The first-order chi connectivity index (χ1) is 10.6. The van der Waals surface area contributed by atoms with Gasteiger partial charge in [-0.15, -0.1) is 0 Å². The molecule has 3 N–H and O–H groups in total. The van der Waals surface area contributed by atoms with Crippen molar-refractivity contribution in [2.24, 2.45) is 0 Å². The Morgan fingerprint density at radius 1 is 1.18 bits per heavy atom. The molecule has 2 aromatic rings. The van der Waals surface area contributed by atoms with Gasteiger partial charge in [0.15, 0.2) is 5.82 Å². The van der Waals surface area contributed by atoms with E-state index in [0.717, 1.165) is 5.56 Å². The number of hydrogen-bond donors (Lipinski definition) is 3. The van der Waals surface area contributed by atoms with Crippen LogP contribution in [0.4, 0.5) is 10.6 Å². The zero-order valence-electron chi connectivity index (χ0n) is 11.8. The molecule has 0 radical (unpaired) electrons. The number of nitrogens with zero attached hydrogens (tertiary/aromatic N) is 1. The third kappa shape index (κ3) is 4.17. The quantitative estimate of drug-likeness (QED) is 0.725. The Balaban J connectivity index is 1.87. The van der Waals surface area contributed by atoms with Gasteiger partial charge in [0.25, 0.3) is 5.56 Å². The Kier molecular flexibility index (Phi) is 4.86. The topological polar surface area (TPSA) is 113 Å². The van der Waals surface area contributed by atoms with E-state index in [1.54, 1.807) is 24.3 Å². The highest BCUT2D eigenvalue weighted by atomic mass is 16.5. The van der Waals surface area contributed by atoms with E-state index in [2.05, 4.69) is 25.6 Å². The van der Waals surface area contributed by atoms with Gasteiger partial charge in [-0.05, 0) is 23.8 Å². The molecule has 2 amide bonds. The molecule has 0 aliphatic rings. The Morgan fingerprint density at radius 2 is 1.91 bits per heavy atom. The summed E-state index contributed by atoms with van der Waals surface area (Å²) in [5.74, 6) is -0.181. The van der Waals surface area contributed by atoms with Gasteiger partial charge in [0.1, 0.15) is 0 Å². The van der Waals surface area contributed by atoms with Crippen molar-refractivity contribution in [2.75, 3.05) is 12.4 Å². The van der Waals surface area contributed by atoms with E-state index >= 15 is 0 Å². The Bertz CT molecular complexity index is 704. The highest BCUT2D eigenvalue weighted by Crippen LogP contribution is 2.05. The smallest absolute Gasteiger partial charge is 0.337 e. The standard InChI is InChI=1S/C14H14N4O4/c1-22-13(20)10-4-2-9(3-5-10)8-15-14(21)16-11-6-7-12(19)18-17-11/h2-7H,8H2,1H3,(H,18,19)(H2,15,16,17,21). The second-order valence-corrected chi connectivity index (χ2v) is 4.30. The van der Waals surface area contributed by atoms with Gasteiger partial charge in [-0.1, -0.05) is 12.1 Å². The van der Waals surface area contributed by atoms with E-state index in [9.17, 15) is 14.4 Å². The van der Waals surface area contributed by atoms with Crippen molar-refractivity contribution < 1.29 is 14.3 Å². The first kappa shape index (κ1) is 15.2. The number of anilines is 1. The molecule has 0 saturated heterocycles. The molecule has 0 atom stereocenters. The van der Waals surface area contributed by atoms with Crippen LogP contribution in [0.15, 0.2) is 41.2 Å². The maximum absolute atomic E-state index is 11.7. The lowest BCUT2D eigenvalue weighted by Crippen LogP contribution is -2.29. The number of ether oxygens (including phenoxy) is 1. The lowest BCUT2D eigenvalue weighted by molar-refractivity contribution is 0.0600. The summed E-state index contributed by atoms with van der Waals surface area (Å²) in [6.07, 6.45) is 0. The van der Waals surface area contributed by atoms with Gasteiger partial charge in [0.2, 0.25) is 0 Å². The maximum Gasteiger partial charge on any atom is 0.337 e. The van der Waals surface area contributed by atoms with Crippen LogP contribution in [0.2, 0.25) is 0 Å². The van der Waals surface area contributed by atoms with Gasteiger partial charge in [-0.2, -0.15) is 5.10 Å². The molecule has 1 aromatic heterocycles. The lowest BCUT2D eigenvalue weighted by Gasteiger charge is -2.07. The largest absolute Gasteiger partial charge is 0.465 e. The van der Waals surface area contributed by atoms with Crippen LogP contribution in [0.25, 0.3) is 0 Å². The minimum absolute atomic E-state index is 0.234. The number of hydrogen-bond acceptors (Lipinski definition) is 5. The molecule has 1 heterocycles. The molecule has 0 aliphatic heterocycles. The number of aromatic nitrogens is 2. The average molecular weight is 302 g/mol. The van der Waals surface area contributed by atoms with Gasteiger partial charge >= 0.3 is 12.0 Å². The first-order valence-corrected chi connectivity index (χ1v) is 6.36. The SMILES string of the molecule is COC(=O)c1ccc(CNC(=O)Nc2ccc(=O)[nH]n2)cc1. The van der Waals surface area contributed by atoms with Gasteiger partial charge in [0, 0.05) is 12.6 Å². The minimum atomic E-state index is -0.461. The molecule has 0 spiro atoms. The number of methoxy groups -OCH3 is 1. The summed E-state index contributed by atoms with van der Waals surface area (Å²) in [6, 6.07) is 8.85. The Labute approximate surface area is 125 Å². The molecule has 0 unspecified atom stereocenters. The molecular formula is C14H14N4O4. The number of esters is 1. The van der Waals surface area contributed by atoms with Crippen molar-refractivity contribution in [3.63, 3.8) is 0 Å². The molecule has 0 fully saturated rings. The highest BCUT2D eigenvalue weighted by molar-refractivity contribution is 5.89. The number of H-pyrrole nitrogens is 1. The van der Waals surface area contributed by atoms with Crippen molar-refractivity contribution in [3.05, 3.63) is 57.9 Å². The third-order valence-electron chi connectivity index (χ3n) is 2.75. The first-order valence-electron chi connectivity index (χ1n) is 6.36. The van der Waals surface area contributed by atoms with Crippen molar-refractivity contribution in [1.29, 1.82) is 0 Å². The predicted octanol–water partition coefficient (Wildman–Crippen LogP) is 0.878. The normalized spacial score (nSPS) is 9.86. The molecular weight excluding hydrogens is 288 g/mol. The van der Waals surface area contributed by atoms with E-state index in [0.29, 0.717) is 5.56 Å². The van der Waals surface area contributed by atoms with E-state index in [1.165, 1.54) is 19.2 Å². The van der Waals surface area contributed by atoms with Crippen molar-refractivity contribution in [3.8, 4) is 0 Å². The Hall–Kier alpha value is -3.16. The maximum atomic E-state index is 11.7. The zero-order valence-corrected chi connectivity index (χ0v) is 11.8. The lowest BCUT2D eigenvalue weighted by atomic mass is 10.1. The summed E-state index contributed by atoms with van der Waals surface area (Å²) >= 11 is 0. The fourth-order valence-corrected chi connectivity index (χ4v) is 1.63. The summed E-state index contributed by atoms with van der Waals surface area (Å²) in [6.45, 7) is 0.274. The fraction of sp³-hybridized carbons (Fsp3) is 0.143. The van der Waals surface area contributed by atoms with Gasteiger partial charge in [-0.3, -0.25) is 10.1 Å². The Morgan fingerprint density at radius 3 is 2.50 bits per heavy atom. The number of carbonyl (C=O) groups excluding carboxylic acids is 2. The number of aromatic amines is 1. The number of rotatable bonds is 4. The van der Waals surface area contributed by atoms with E-state index < -0.39 is 12.0 Å². The second-order valence-electron chi connectivity index (χ2n) is 4.30. The third-order valence-corrected chi connectivity index (χ3v) is 2.75. The van der Waals surface area contributed by atoms with Crippen LogP contribution in [0.1, 0.15) is 15.9 Å². The van der Waals surface area contributed by atoms with Crippen LogP contribution < -0.4 is 16.2 Å². The highest BCUT2D eigenvalue weighted by Gasteiger charge is 2.06. The molecule has 114 valence electrons. The summed E-state index contributed by atoms with van der Waals surface area (Å²) in [5, 5.41) is 11.0. The summed E-state index contributed by atoms with van der Waals surface area (Å²) in [4.78, 5) is 33.8. The monoisotopic (exact) mass is 302 g/mol. The van der Waals surface area contributed by atoms with E-state index in [-0.39, 0.29) is 17.9 Å². The fourth-order valence-electron chi connectivity index (χ4n) is 1.63. The van der Waals surface area contributed by atoms with Crippen LogP contribution in [0, 0.1) is 0 Å². The molecule has 0 aliphatic carbocycles. The van der Waals surface area contributed by atoms with Gasteiger partial charge in [0.05, 0.1) is 12.7 Å². The van der Waals surface area contributed by atoms with Crippen molar-refractivity contribution in [2.45, 2.75) is 6.54 Å². The van der Waals surface area contributed by atoms with Crippen LogP contribution in [0.5, 0.6) is 0 Å². The predicted molar refractivity (Wildman–Crippen MR) is 78.5 cm³/mol. The van der Waals surface area contributed by atoms with E-state index in [4.69, 9.17) is 0 Å². The summed E-state index contributed by atoms with van der Waals surface area (Å²) in [5.41, 5.74) is 0.905. The van der Waals surface area contributed by atoms with E-state index in [1.807, 2.05) is 0 Å². The summed E-state index contributed by atoms with van der Waals surface area (Å²) < 4.78 is 4.60. The molecule has 8 heteroatoms. The van der Waals surface area contributed by atoms with Gasteiger partial charge in [-0.25, -0.2) is 14.7 Å². The number of benzene rings is 1. The van der Waals surface area contributed by atoms with Gasteiger partial charge < -0.3 is 10.1 Å². The van der Waals surface area contributed by atoms with Crippen LogP contribution in [-0.4, -0.2) is 29.3 Å². The minimum Gasteiger partial charge on any atom is -0.465 e. The number of nitrogens with one attached hydrogen (secondary N) is 3. The van der Waals surface area contributed by atoms with Crippen molar-refractivity contribution in [1.82, 2.24) is 15.5 Å². The van der Waals surface area contributed by atoms with Crippen molar-refractivity contribution >= 4 is 17.8 Å². The number of amides is 2. The second kappa shape index (κ2) is 7.02. The number of carbonyl (C=O) groups is 2. The van der Waals surface area contributed by atoms with Crippen LogP contribution in [-0.2, 0) is 11.3 Å². The summed E-state index contributed by atoms with van der Waals surface area (Å²) in [7, 11) is 1.31. The molecule has 1 aromatic carbocycles. The molecule has 22 heavy (non-hydrogen) atoms.